The molecule has 34 heavy (non-hydrogen) atoms. The van der Waals surface area contributed by atoms with Crippen molar-refractivity contribution in [1.82, 2.24) is 14.7 Å². The molecule has 1 heterocycles. The molecule has 0 aliphatic rings. The maximum atomic E-state index is 13.0. The number of thioether (sulfide) groups is 1. The highest BCUT2D eigenvalue weighted by molar-refractivity contribution is 8.00. The van der Waals surface area contributed by atoms with Crippen LogP contribution in [0, 0.1) is 6.92 Å². The molecule has 0 bridgehead atoms. The molecule has 0 aliphatic heterocycles. The zero-order valence-corrected chi connectivity index (χ0v) is 21.5. The average Bonchev–Trinajstić information content (AvgIpc) is 3.22. The Morgan fingerprint density at radius 1 is 1.06 bits per heavy atom. The van der Waals surface area contributed by atoms with Gasteiger partial charge in [0.05, 0.1) is 23.7 Å². The Kier molecular flexibility index (Phi) is 8.56. The lowest BCUT2D eigenvalue weighted by Crippen LogP contribution is -2.39. The highest BCUT2D eigenvalue weighted by Gasteiger charge is 2.23. The molecule has 0 spiro atoms. The summed E-state index contributed by atoms with van der Waals surface area (Å²) in [6, 6.07) is 19.7. The van der Waals surface area contributed by atoms with Crippen LogP contribution in [0.2, 0.25) is 0 Å². The maximum absolute atomic E-state index is 13.0. The van der Waals surface area contributed by atoms with Crippen LogP contribution in [0.3, 0.4) is 0 Å². The summed E-state index contributed by atoms with van der Waals surface area (Å²) in [6.07, 6.45) is 0.782. The third kappa shape index (κ3) is 6.97. The van der Waals surface area contributed by atoms with E-state index in [2.05, 4.69) is 26.1 Å². The number of rotatable bonds is 9. The van der Waals surface area contributed by atoms with E-state index in [1.165, 1.54) is 11.8 Å². The Hall–Kier alpha value is -3.06. The van der Waals surface area contributed by atoms with Gasteiger partial charge in [-0.3, -0.25) is 9.59 Å². The minimum absolute atomic E-state index is 0.00590. The van der Waals surface area contributed by atoms with Crippen molar-refractivity contribution in [3.05, 3.63) is 71.9 Å². The number of carbonyl (C=O) groups is 2. The summed E-state index contributed by atoms with van der Waals surface area (Å²) in [7, 11) is 0. The van der Waals surface area contributed by atoms with Gasteiger partial charge in [-0.2, -0.15) is 5.10 Å². The quantitative estimate of drug-likeness (QED) is 0.416. The number of aryl methyl sites for hydroxylation is 1. The highest BCUT2D eigenvalue weighted by Crippen LogP contribution is 2.26. The van der Waals surface area contributed by atoms with Crippen molar-refractivity contribution in [3.8, 4) is 5.69 Å². The monoisotopic (exact) mass is 478 g/mol. The Morgan fingerprint density at radius 3 is 2.35 bits per heavy atom. The molecule has 1 N–H and O–H groups in total. The van der Waals surface area contributed by atoms with Crippen LogP contribution >= 0.6 is 11.8 Å². The van der Waals surface area contributed by atoms with Crippen molar-refractivity contribution in [2.45, 2.75) is 51.3 Å². The molecule has 180 valence electrons. The summed E-state index contributed by atoms with van der Waals surface area (Å²) in [6.45, 7) is 10.8. The van der Waals surface area contributed by atoms with Crippen LogP contribution in [-0.4, -0.2) is 45.3 Å². The van der Waals surface area contributed by atoms with Crippen LogP contribution in [0.25, 0.3) is 5.69 Å². The molecular weight excluding hydrogens is 444 g/mol. The zero-order chi connectivity index (χ0) is 24.7. The van der Waals surface area contributed by atoms with Gasteiger partial charge in [-0.05, 0) is 37.6 Å². The smallest absolute Gasteiger partial charge is 0.245 e. The fourth-order valence-electron chi connectivity index (χ4n) is 3.39. The standard InChI is InChI=1S/C27H34N4O2S/c1-6-16-30(26(33)19-34-22-10-8-7-9-11-22)18-25(32)28-24-17-23(27(3,4)5)29-31(24)21-14-12-20(2)13-15-21/h7-15,17H,6,16,18-19H2,1-5H3,(H,28,32). The molecule has 0 atom stereocenters. The molecule has 3 rings (SSSR count). The van der Waals surface area contributed by atoms with E-state index in [1.807, 2.05) is 74.5 Å². The minimum atomic E-state index is -0.236. The van der Waals surface area contributed by atoms with E-state index in [1.54, 1.807) is 9.58 Å². The van der Waals surface area contributed by atoms with Crippen LogP contribution in [0.4, 0.5) is 5.82 Å². The zero-order valence-electron chi connectivity index (χ0n) is 20.7. The summed E-state index contributed by atoms with van der Waals surface area (Å²) >= 11 is 1.48. The van der Waals surface area contributed by atoms with Gasteiger partial charge in [-0.1, -0.05) is 63.6 Å². The van der Waals surface area contributed by atoms with Crippen molar-refractivity contribution in [2.75, 3.05) is 24.2 Å². The Bertz CT molecular complexity index is 1100. The number of nitrogens with zero attached hydrogens (tertiary/aromatic N) is 3. The van der Waals surface area contributed by atoms with Crippen LogP contribution in [-0.2, 0) is 15.0 Å². The van der Waals surface area contributed by atoms with E-state index in [4.69, 9.17) is 5.10 Å². The maximum Gasteiger partial charge on any atom is 0.245 e. The molecule has 3 aromatic rings. The molecule has 2 aromatic carbocycles. The summed E-state index contributed by atoms with van der Waals surface area (Å²) in [5, 5.41) is 7.76. The lowest BCUT2D eigenvalue weighted by Gasteiger charge is -2.21. The van der Waals surface area contributed by atoms with Crippen molar-refractivity contribution < 1.29 is 9.59 Å². The lowest BCUT2D eigenvalue weighted by atomic mass is 9.92. The van der Waals surface area contributed by atoms with Crippen LogP contribution < -0.4 is 5.32 Å². The first-order chi connectivity index (χ1) is 16.2. The average molecular weight is 479 g/mol. The van der Waals surface area contributed by atoms with Crippen molar-refractivity contribution in [2.24, 2.45) is 0 Å². The van der Waals surface area contributed by atoms with Crippen LogP contribution in [0.1, 0.15) is 45.4 Å². The molecule has 0 aliphatic carbocycles. The molecule has 0 fully saturated rings. The van der Waals surface area contributed by atoms with E-state index < -0.39 is 0 Å². The first-order valence-electron chi connectivity index (χ1n) is 11.6. The van der Waals surface area contributed by atoms with Crippen LogP contribution in [0.15, 0.2) is 65.6 Å². The van der Waals surface area contributed by atoms with E-state index in [0.29, 0.717) is 18.1 Å². The lowest BCUT2D eigenvalue weighted by molar-refractivity contribution is -0.132. The molecule has 0 saturated carbocycles. The number of nitrogens with one attached hydrogen (secondary N) is 1. The number of hydrogen-bond donors (Lipinski definition) is 1. The highest BCUT2D eigenvalue weighted by atomic mass is 32.2. The van der Waals surface area contributed by atoms with Crippen molar-refractivity contribution in [3.63, 3.8) is 0 Å². The van der Waals surface area contributed by atoms with Gasteiger partial charge < -0.3 is 10.2 Å². The number of hydrogen-bond acceptors (Lipinski definition) is 4. The van der Waals surface area contributed by atoms with E-state index in [0.717, 1.165) is 28.3 Å². The van der Waals surface area contributed by atoms with Gasteiger partial charge in [0.2, 0.25) is 11.8 Å². The van der Waals surface area contributed by atoms with Gasteiger partial charge in [-0.25, -0.2) is 4.68 Å². The number of anilines is 1. The van der Waals surface area contributed by atoms with Gasteiger partial charge >= 0.3 is 0 Å². The van der Waals surface area contributed by atoms with Gasteiger partial charge in [0.15, 0.2) is 0 Å². The number of carbonyl (C=O) groups excluding carboxylic acids is 2. The summed E-state index contributed by atoms with van der Waals surface area (Å²) < 4.78 is 1.76. The van der Waals surface area contributed by atoms with Gasteiger partial charge in [0.25, 0.3) is 0 Å². The van der Waals surface area contributed by atoms with E-state index in [9.17, 15) is 9.59 Å². The molecule has 0 saturated heterocycles. The van der Waals surface area contributed by atoms with Crippen molar-refractivity contribution in [1.29, 1.82) is 0 Å². The number of benzene rings is 2. The SMILES string of the molecule is CCCN(CC(=O)Nc1cc(C(C)(C)C)nn1-c1ccc(C)cc1)C(=O)CSc1ccccc1. The number of amides is 2. The molecule has 7 heteroatoms. The van der Waals surface area contributed by atoms with Crippen LogP contribution in [0.5, 0.6) is 0 Å². The topological polar surface area (TPSA) is 67.2 Å². The molecule has 0 radical (unpaired) electrons. The fraction of sp³-hybridized carbons (Fsp3) is 0.370. The fourth-order valence-corrected chi connectivity index (χ4v) is 4.21. The Balaban J connectivity index is 1.74. The largest absolute Gasteiger partial charge is 0.333 e. The minimum Gasteiger partial charge on any atom is -0.333 e. The summed E-state index contributed by atoms with van der Waals surface area (Å²) in [4.78, 5) is 28.5. The molecule has 2 amide bonds. The van der Waals surface area contributed by atoms with Crippen molar-refractivity contribution >= 4 is 29.4 Å². The predicted octanol–water partition coefficient (Wildman–Crippen LogP) is 5.45. The third-order valence-electron chi connectivity index (χ3n) is 5.31. The first kappa shape index (κ1) is 25.6. The van der Waals surface area contributed by atoms with E-state index >= 15 is 0 Å². The molecule has 1 aromatic heterocycles. The summed E-state index contributed by atoms with van der Waals surface area (Å²) in [5.41, 5.74) is 2.73. The predicted molar refractivity (Wildman–Crippen MR) is 140 cm³/mol. The molecule has 6 nitrogen and oxygen atoms in total. The normalized spacial score (nSPS) is 11.3. The first-order valence-corrected chi connectivity index (χ1v) is 12.6. The second-order valence-electron chi connectivity index (χ2n) is 9.38. The Morgan fingerprint density at radius 2 is 1.74 bits per heavy atom. The number of aromatic nitrogens is 2. The second-order valence-corrected chi connectivity index (χ2v) is 10.4. The van der Waals surface area contributed by atoms with Gasteiger partial charge in [0.1, 0.15) is 5.82 Å². The Labute approximate surface area is 206 Å². The second kappa shape index (κ2) is 11.4. The van der Waals surface area contributed by atoms with Gasteiger partial charge in [0, 0.05) is 22.9 Å². The summed E-state index contributed by atoms with van der Waals surface area (Å²) in [5.74, 6) is 0.613. The van der Waals surface area contributed by atoms with Gasteiger partial charge in [-0.15, -0.1) is 11.8 Å². The van der Waals surface area contributed by atoms with E-state index in [-0.39, 0.29) is 23.8 Å². The molecular formula is C27H34N4O2S. The third-order valence-corrected chi connectivity index (χ3v) is 6.31. The molecule has 0 unspecified atom stereocenters.